The van der Waals surface area contributed by atoms with Crippen LogP contribution in [0.25, 0.3) is 0 Å². The van der Waals surface area contributed by atoms with Crippen molar-refractivity contribution in [3.63, 3.8) is 0 Å². The Labute approximate surface area is 114 Å². The van der Waals surface area contributed by atoms with Crippen LogP contribution in [0.1, 0.15) is 16.4 Å². The zero-order chi connectivity index (χ0) is 13.9. The van der Waals surface area contributed by atoms with Gasteiger partial charge in [0.25, 0.3) is 0 Å². The van der Waals surface area contributed by atoms with Crippen LogP contribution in [0, 0.1) is 6.92 Å². The van der Waals surface area contributed by atoms with E-state index in [0.717, 1.165) is 11.1 Å². The first-order valence-corrected chi connectivity index (χ1v) is 7.66. The van der Waals surface area contributed by atoms with Gasteiger partial charge in [-0.25, -0.2) is 8.42 Å². The van der Waals surface area contributed by atoms with Crippen molar-refractivity contribution in [2.45, 2.75) is 17.1 Å². The lowest BCUT2D eigenvalue weighted by atomic mass is 10.1. The van der Waals surface area contributed by atoms with Gasteiger partial charge in [0.2, 0.25) is 0 Å². The quantitative estimate of drug-likeness (QED) is 0.932. The molecule has 0 aliphatic heterocycles. The third-order valence-corrected chi connectivity index (χ3v) is 5.22. The van der Waals surface area contributed by atoms with E-state index in [1.807, 2.05) is 31.2 Å². The van der Waals surface area contributed by atoms with E-state index in [2.05, 4.69) is 0 Å². The fourth-order valence-corrected chi connectivity index (χ4v) is 3.71. The maximum atomic E-state index is 12.6. The lowest BCUT2D eigenvalue weighted by Crippen LogP contribution is -2.22. The molecule has 2 rings (SSSR count). The fourth-order valence-electron chi connectivity index (χ4n) is 2.09. The van der Waals surface area contributed by atoms with Gasteiger partial charge in [0.05, 0.1) is 4.90 Å². The summed E-state index contributed by atoms with van der Waals surface area (Å²) < 4.78 is 25.2. The molecule has 0 aliphatic rings. The van der Waals surface area contributed by atoms with Gasteiger partial charge < -0.3 is 5.73 Å². The zero-order valence-electron chi connectivity index (χ0n) is 10.8. The van der Waals surface area contributed by atoms with Gasteiger partial charge in [-0.1, -0.05) is 48.0 Å². The molecule has 0 fully saturated rings. The molecule has 0 bridgehead atoms. The Bertz CT molecular complexity index is 651. The van der Waals surface area contributed by atoms with Gasteiger partial charge in [0.15, 0.2) is 9.84 Å². The largest absolute Gasteiger partial charge is 0.329 e. The molecular formula is C15H17NO2S. The van der Waals surface area contributed by atoms with Gasteiger partial charge in [-0.05, 0) is 24.6 Å². The van der Waals surface area contributed by atoms with Crippen molar-refractivity contribution >= 4 is 9.84 Å². The van der Waals surface area contributed by atoms with Gasteiger partial charge in [-0.3, -0.25) is 0 Å². The maximum absolute atomic E-state index is 12.6. The average molecular weight is 275 g/mol. The lowest BCUT2D eigenvalue weighted by molar-refractivity contribution is 0.582. The second kappa shape index (κ2) is 5.55. The normalized spacial score (nSPS) is 13.2. The first kappa shape index (κ1) is 13.8. The van der Waals surface area contributed by atoms with Crippen molar-refractivity contribution in [2.75, 3.05) is 6.54 Å². The summed E-state index contributed by atoms with van der Waals surface area (Å²) in [5.41, 5.74) is 7.47. The Morgan fingerprint density at radius 2 is 1.74 bits per heavy atom. The Hall–Kier alpha value is -1.65. The standard InChI is InChI=1S/C15H17NO2S/c1-12-6-5-7-13(10-12)15(11-16)19(17,18)14-8-3-2-4-9-14/h2-10,15H,11,16H2,1H3/t15-/m1/s1. The van der Waals surface area contributed by atoms with Gasteiger partial charge in [-0.15, -0.1) is 0 Å². The molecule has 0 saturated carbocycles. The van der Waals surface area contributed by atoms with E-state index in [0.29, 0.717) is 4.90 Å². The smallest absolute Gasteiger partial charge is 0.186 e. The molecule has 0 aliphatic carbocycles. The molecule has 4 heteroatoms. The first-order valence-electron chi connectivity index (χ1n) is 6.11. The summed E-state index contributed by atoms with van der Waals surface area (Å²) in [6.45, 7) is 2.01. The predicted molar refractivity (Wildman–Crippen MR) is 76.6 cm³/mol. The number of rotatable bonds is 4. The second-order valence-corrected chi connectivity index (χ2v) is 6.63. The lowest BCUT2D eigenvalue weighted by Gasteiger charge is -2.16. The molecule has 2 aromatic rings. The highest BCUT2D eigenvalue weighted by atomic mass is 32.2. The van der Waals surface area contributed by atoms with E-state index in [1.54, 1.807) is 30.3 Å². The molecule has 0 amide bonds. The molecule has 19 heavy (non-hydrogen) atoms. The van der Waals surface area contributed by atoms with Crippen molar-refractivity contribution in [3.8, 4) is 0 Å². The van der Waals surface area contributed by atoms with Gasteiger partial charge in [0, 0.05) is 6.54 Å². The third-order valence-electron chi connectivity index (χ3n) is 3.07. The predicted octanol–water partition coefficient (Wildman–Crippen LogP) is 2.47. The van der Waals surface area contributed by atoms with E-state index >= 15 is 0 Å². The Morgan fingerprint density at radius 1 is 1.05 bits per heavy atom. The molecule has 0 unspecified atom stereocenters. The summed E-state index contributed by atoms with van der Waals surface area (Å²) in [6.07, 6.45) is 0. The van der Waals surface area contributed by atoms with Crippen LogP contribution < -0.4 is 5.73 Å². The van der Waals surface area contributed by atoms with E-state index in [1.165, 1.54) is 0 Å². The number of benzene rings is 2. The maximum Gasteiger partial charge on any atom is 0.186 e. The summed E-state index contributed by atoms with van der Waals surface area (Å²) in [5.74, 6) is 0. The molecule has 3 nitrogen and oxygen atoms in total. The van der Waals surface area contributed by atoms with Crippen LogP contribution in [0.3, 0.4) is 0 Å². The summed E-state index contributed by atoms with van der Waals surface area (Å²) in [6, 6.07) is 15.9. The average Bonchev–Trinajstić information content (AvgIpc) is 2.40. The molecule has 0 saturated heterocycles. The zero-order valence-corrected chi connectivity index (χ0v) is 11.6. The summed E-state index contributed by atoms with van der Waals surface area (Å²) >= 11 is 0. The molecule has 100 valence electrons. The molecule has 2 aromatic carbocycles. The number of hydrogen-bond acceptors (Lipinski definition) is 3. The van der Waals surface area contributed by atoms with Crippen LogP contribution in [0.5, 0.6) is 0 Å². The highest BCUT2D eigenvalue weighted by Gasteiger charge is 2.27. The van der Waals surface area contributed by atoms with Crippen molar-refractivity contribution in [1.29, 1.82) is 0 Å². The van der Waals surface area contributed by atoms with E-state index in [-0.39, 0.29) is 6.54 Å². The van der Waals surface area contributed by atoms with E-state index in [9.17, 15) is 8.42 Å². The highest BCUT2D eigenvalue weighted by Crippen LogP contribution is 2.28. The van der Waals surface area contributed by atoms with E-state index in [4.69, 9.17) is 5.73 Å². The number of nitrogens with two attached hydrogens (primary N) is 1. The number of hydrogen-bond donors (Lipinski definition) is 1. The second-order valence-electron chi connectivity index (χ2n) is 4.50. The Balaban J connectivity index is 2.48. The fraction of sp³-hybridized carbons (Fsp3) is 0.200. The van der Waals surface area contributed by atoms with Gasteiger partial charge in [0.1, 0.15) is 5.25 Å². The Kier molecular flexibility index (Phi) is 4.02. The molecular weight excluding hydrogens is 258 g/mol. The monoisotopic (exact) mass is 275 g/mol. The van der Waals surface area contributed by atoms with Crippen LogP contribution in [0.4, 0.5) is 0 Å². The molecule has 0 heterocycles. The summed E-state index contributed by atoms with van der Waals surface area (Å²) in [7, 11) is -3.45. The highest BCUT2D eigenvalue weighted by molar-refractivity contribution is 7.91. The van der Waals surface area contributed by atoms with Gasteiger partial charge >= 0.3 is 0 Å². The summed E-state index contributed by atoms with van der Waals surface area (Å²) in [5, 5.41) is -0.699. The minimum absolute atomic E-state index is 0.0701. The minimum atomic E-state index is -3.45. The van der Waals surface area contributed by atoms with Crippen molar-refractivity contribution < 1.29 is 8.42 Å². The van der Waals surface area contributed by atoms with E-state index < -0.39 is 15.1 Å². The molecule has 0 spiro atoms. The number of aryl methyl sites for hydroxylation is 1. The topological polar surface area (TPSA) is 60.2 Å². The third kappa shape index (κ3) is 2.85. The van der Waals surface area contributed by atoms with Gasteiger partial charge in [-0.2, -0.15) is 0 Å². The number of sulfone groups is 1. The summed E-state index contributed by atoms with van der Waals surface area (Å²) in [4.78, 5) is 0.312. The SMILES string of the molecule is Cc1cccc([C@@H](CN)S(=O)(=O)c2ccccc2)c1. The van der Waals surface area contributed by atoms with Crippen LogP contribution >= 0.6 is 0 Å². The Morgan fingerprint density at radius 3 is 2.32 bits per heavy atom. The molecule has 1 atom stereocenters. The van der Waals surface area contributed by atoms with Crippen LogP contribution in [0.15, 0.2) is 59.5 Å². The first-order chi connectivity index (χ1) is 9.05. The minimum Gasteiger partial charge on any atom is -0.329 e. The molecule has 2 N–H and O–H groups in total. The van der Waals surface area contributed by atoms with Crippen LogP contribution in [-0.4, -0.2) is 15.0 Å². The van der Waals surface area contributed by atoms with Crippen LogP contribution in [0.2, 0.25) is 0 Å². The van der Waals surface area contributed by atoms with Crippen molar-refractivity contribution in [3.05, 3.63) is 65.7 Å². The molecule has 0 radical (unpaired) electrons. The van der Waals surface area contributed by atoms with Crippen molar-refractivity contribution in [1.82, 2.24) is 0 Å². The van der Waals surface area contributed by atoms with Crippen LogP contribution in [-0.2, 0) is 9.84 Å². The molecule has 0 aromatic heterocycles. The van der Waals surface area contributed by atoms with Crippen molar-refractivity contribution in [2.24, 2.45) is 5.73 Å².